The minimum Gasteiger partial charge on any atom is -0.493 e. The maximum Gasteiger partial charge on any atom is 0.510 e. The standard InChI is InChI=1S/C42H51N7O17S/c1-29(38-44-19-8-20-45-38)46-39(60-24-25-61-40(50)31-13-11-30(12-14-31)27-65-49(54)55)36(66-35-10-7-6-9-34(35)58-5)37(43)47(28-63-41(51)62-23-21-59-22-26-64-48(52)53)67(56,57)33-17-15-32(16-18-33)42(2,3)4/h6-20,43,46,52-55H,1,21-28H2,2-5H3. The lowest BCUT2D eigenvalue weighted by atomic mass is 9.87. The Hall–Kier alpha value is -6.78. The van der Waals surface area contributed by atoms with Crippen LogP contribution < -0.4 is 14.8 Å². The summed E-state index contributed by atoms with van der Waals surface area (Å²) in [6.07, 6.45) is 1.50. The maximum absolute atomic E-state index is 14.7. The molecule has 24 nitrogen and oxygen atoms in total. The number of sulfonamides is 1. The maximum atomic E-state index is 14.7. The zero-order chi connectivity index (χ0) is 49.0. The number of hydrogen-bond acceptors (Lipinski definition) is 23. The van der Waals surface area contributed by atoms with Crippen molar-refractivity contribution >= 4 is 33.7 Å². The molecule has 0 spiro atoms. The van der Waals surface area contributed by atoms with Gasteiger partial charge in [-0.1, -0.05) is 63.7 Å². The molecule has 0 amide bonds. The Kier molecular flexibility index (Phi) is 20.3. The van der Waals surface area contributed by atoms with E-state index < -0.39 is 70.4 Å². The first-order valence-corrected chi connectivity index (χ1v) is 21.2. The highest BCUT2D eigenvalue weighted by molar-refractivity contribution is 7.89. The molecule has 1 aromatic heterocycles. The first-order valence-electron chi connectivity index (χ1n) is 19.8. The molecule has 0 atom stereocenters. The van der Waals surface area contributed by atoms with Crippen LogP contribution in [0.2, 0.25) is 0 Å². The summed E-state index contributed by atoms with van der Waals surface area (Å²) >= 11 is 0. The minimum atomic E-state index is -4.83. The second-order valence-corrected chi connectivity index (χ2v) is 16.2. The fourth-order valence-corrected chi connectivity index (χ4v) is 6.54. The first-order chi connectivity index (χ1) is 31.9. The van der Waals surface area contributed by atoms with Gasteiger partial charge in [0, 0.05) is 12.4 Å². The molecule has 0 aliphatic carbocycles. The van der Waals surface area contributed by atoms with Crippen LogP contribution in [0.3, 0.4) is 0 Å². The highest BCUT2D eigenvalue weighted by Gasteiger charge is 2.35. The van der Waals surface area contributed by atoms with Gasteiger partial charge in [-0.2, -0.15) is 0 Å². The van der Waals surface area contributed by atoms with E-state index in [0.717, 1.165) is 5.56 Å². The summed E-state index contributed by atoms with van der Waals surface area (Å²) in [5, 5.41) is 46.3. The van der Waals surface area contributed by atoms with E-state index in [4.69, 9.17) is 54.0 Å². The summed E-state index contributed by atoms with van der Waals surface area (Å²) in [5.41, 5.74) is 1.01. The Bertz CT molecular complexity index is 2380. The predicted octanol–water partition coefficient (Wildman–Crippen LogP) is 4.78. The molecule has 0 unspecified atom stereocenters. The molecule has 25 heteroatoms. The molecule has 0 bridgehead atoms. The van der Waals surface area contributed by atoms with Crippen LogP contribution >= 0.6 is 0 Å². The normalized spacial score (nSPS) is 11.9. The fraction of sp³-hybridized carbons (Fsp3) is 0.310. The summed E-state index contributed by atoms with van der Waals surface area (Å²) in [5.74, 6) is -2.73. The van der Waals surface area contributed by atoms with E-state index in [1.165, 1.54) is 68.0 Å². The van der Waals surface area contributed by atoms with Gasteiger partial charge in [0.05, 0.1) is 60.5 Å². The third kappa shape index (κ3) is 16.9. The Balaban J connectivity index is 1.74. The molecule has 6 N–H and O–H groups in total. The quantitative estimate of drug-likeness (QED) is 0.00938. The molecule has 0 radical (unpaired) electrons. The summed E-state index contributed by atoms with van der Waals surface area (Å²) < 4.78 is 68.4. The smallest absolute Gasteiger partial charge is 0.493 e. The van der Waals surface area contributed by atoms with Gasteiger partial charge < -0.3 is 38.5 Å². The molecule has 362 valence electrons. The van der Waals surface area contributed by atoms with Gasteiger partial charge in [-0.05, 0) is 59.0 Å². The Morgan fingerprint density at radius 1 is 0.761 bits per heavy atom. The van der Waals surface area contributed by atoms with Crippen LogP contribution in [0.15, 0.2) is 114 Å². The van der Waals surface area contributed by atoms with E-state index in [9.17, 15) is 23.4 Å². The highest BCUT2D eigenvalue weighted by atomic mass is 32.2. The molecule has 3 aromatic carbocycles. The van der Waals surface area contributed by atoms with E-state index in [-0.39, 0.29) is 71.9 Å². The Labute approximate surface area is 384 Å². The number of hydrogen-bond donors (Lipinski definition) is 6. The van der Waals surface area contributed by atoms with Gasteiger partial charge >= 0.3 is 12.1 Å². The number of amidine groups is 1. The third-order valence-electron chi connectivity index (χ3n) is 8.64. The number of nitrogens with one attached hydrogen (secondary N) is 2. The van der Waals surface area contributed by atoms with Crippen LogP contribution in [0, 0.1) is 5.41 Å². The molecular formula is C42H51N7O17S. The number of carbonyl (C=O) groups excluding carboxylic acids is 2. The number of rotatable bonds is 26. The van der Waals surface area contributed by atoms with Crippen molar-refractivity contribution < 1.29 is 81.7 Å². The molecular weight excluding hydrogens is 907 g/mol. The lowest BCUT2D eigenvalue weighted by molar-refractivity contribution is -0.497. The van der Waals surface area contributed by atoms with Gasteiger partial charge in [0.25, 0.3) is 10.0 Å². The predicted molar refractivity (Wildman–Crippen MR) is 229 cm³/mol. The van der Waals surface area contributed by atoms with E-state index >= 15 is 0 Å². The number of methoxy groups -OCH3 is 1. The topological polar surface area (TPSA) is 304 Å². The van der Waals surface area contributed by atoms with Crippen molar-refractivity contribution in [1.82, 2.24) is 30.4 Å². The summed E-state index contributed by atoms with van der Waals surface area (Å²) in [6.45, 7) is 6.59. The second kappa shape index (κ2) is 25.8. The van der Waals surface area contributed by atoms with Gasteiger partial charge in [-0.15, -0.1) is 0 Å². The van der Waals surface area contributed by atoms with Crippen LogP contribution in [0.5, 0.6) is 11.5 Å². The molecule has 4 aromatic rings. The van der Waals surface area contributed by atoms with Crippen molar-refractivity contribution in [3.05, 3.63) is 132 Å². The molecule has 67 heavy (non-hydrogen) atoms. The van der Waals surface area contributed by atoms with Crippen LogP contribution in [0.4, 0.5) is 4.79 Å². The fourth-order valence-electron chi connectivity index (χ4n) is 5.29. The van der Waals surface area contributed by atoms with Crippen LogP contribution in [0.1, 0.15) is 48.1 Å². The molecule has 0 saturated heterocycles. The van der Waals surface area contributed by atoms with Crippen molar-refractivity contribution in [1.29, 1.82) is 5.41 Å². The van der Waals surface area contributed by atoms with E-state index in [1.54, 1.807) is 30.3 Å². The highest BCUT2D eigenvalue weighted by Crippen LogP contribution is 2.31. The number of carbonyl (C=O) groups is 2. The van der Waals surface area contributed by atoms with Gasteiger partial charge in [-0.25, -0.2) is 42.0 Å². The minimum absolute atomic E-state index is 0.0260. The lowest BCUT2D eigenvalue weighted by Crippen LogP contribution is -2.42. The summed E-state index contributed by atoms with van der Waals surface area (Å²) in [6, 6.07) is 19.4. The Morgan fingerprint density at radius 2 is 1.37 bits per heavy atom. The molecule has 0 saturated carbocycles. The Morgan fingerprint density at radius 3 is 2.00 bits per heavy atom. The monoisotopic (exact) mass is 957 g/mol. The number of esters is 1. The number of para-hydroxylation sites is 2. The van der Waals surface area contributed by atoms with Crippen molar-refractivity contribution in [3.8, 4) is 11.5 Å². The third-order valence-corrected chi connectivity index (χ3v) is 10.4. The van der Waals surface area contributed by atoms with Crippen molar-refractivity contribution in [2.24, 2.45) is 0 Å². The van der Waals surface area contributed by atoms with Crippen molar-refractivity contribution in [2.45, 2.75) is 37.7 Å². The number of nitrogens with zero attached hydrogens (tertiary/aromatic N) is 5. The van der Waals surface area contributed by atoms with Crippen LogP contribution in [0.25, 0.3) is 5.70 Å². The largest absolute Gasteiger partial charge is 0.510 e. The first kappa shape index (κ1) is 52.8. The van der Waals surface area contributed by atoms with Crippen molar-refractivity contribution in [3.63, 3.8) is 0 Å². The summed E-state index contributed by atoms with van der Waals surface area (Å²) in [4.78, 5) is 42.8. The molecule has 0 fully saturated rings. The zero-order valence-corrected chi connectivity index (χ0v) is 37.6. The van der Waals surface area contributed by atoms with Crippen LogP contribution in [-0.4, -0.2) is 126 Å². The van der Waals surface area contributed by atoms with Gasteiger partial charge in [0.15, 0.2) is 29.9 Å². The average molecular weight is 958 g/mol. The van der Waals surface area contributed by atoms with E-state index in [1.807, 2.05) is 20.8 Å². The average Bonchev–Trinajstić information content (AvgIpc) is 3.30. The summed E-state index contributed by atoms with van der Waals surface area (Å²) in [7, 11) is -3.48. The number of aromatic nitrogens is 2. The number of benzene rings is 3. The molecule has 0 aliphatic heterocycles. The SMILES string of the molecule is C=C(NC(OCCOC(=O)c1ccc(CON(O)O)cc1)=C(Oc1ccccc1OC)C(=N)N(COC(=O)OCCOCCON(O)O)S(=O)(=O)c1ccc(C(C)(C)C)cc1)c1ncccn1. The number of ether oxygens (including phenoxy) is 7. The zero-order valence-electron chi connectivity index (χ0n) is 36.8. The van der Waals surface area contributed by atoms with E-state index in [2.05, 4.69) is 31.5 Å². The molecule has 4 rings (SSSR count). The van der Waals surface area contributed by atoms with Crippen molar-refractivity contribution in [2.75, 3.05) is 53.5 Å². The van der Waals surface area contributed by atoms with Crippen LogP contribution in [-0.2, 0) is 55.4 Å². The molecule has 1 heterocycles. The molecule has 0 aliphatic rings. The van der Waals surface area contributed by atoms with Gasteiger partial charge in [-0.3, -0.25) is 26.2 Å². The lowest BCUT2D eigenvalue weighted by Gasteiger charge is -2.27. The van der Waals surface area contributed by atoms with E-state index in [0.29, 0.717) is 9.87 Å². The van der Waals surface area contributed by atoms with Gasteiger partial charge in [0.1, 0.15) is 19.8 Å². The van der Waals surface area contributed by atoms with Gasteiger partial charge in [0.2, 0.25) is 11.6 Å². The second-order valence-electron chi connectivity index (χ2n) is 14.3.